The average molecular weight is 369 g/mol. The van der Waals surface area contributed by atoms with Crippen LogP contribution in [0.4, 0.5) is 5.00 Å². The number of nitriles is 1. The number of ketones is 1. The number of hydrogen-bond acceptors (Lipinski definition) is 5. The van der Waals surface area contributed by atoms with E-state index in [1.807, 2.05) is 0 Å². The molecule has 4 rings (SSSR count). The van der Waals surface area contributed by atoms with Crippen molar-refractivity contribution in [3.63, 3.8) is 0 Å². The van der Waals surface area contributed by atoms with Gasteiger partial charge in [-0.25, -0.2) is 0 Å². The van der Waals surface area contributed by atoms with Crippen LogP contribution in [0.3, 0.4) is 0 Å². The third-order valence-electron chi connectivity index (χ3n) is 4.28. The molecule has 4 nitrogen and oxygen atoms in total. The molecule has 0 spiro atoms. The molecule has 0 saturated carbocycles. The van der Waals surface area contributed by atoms with Gasteiger partial charge >= 0.3 is 0 Å². The van der Waals surface area contributed by atoms with Crippen molar-refractivity contribution in [2.24, 2.45) is 4.99 Å². The second kappa shape index (κ2) is 6.47. The van der Waals surface area contributed by atoms with Gasteiger partial charge in [0.15, 0.2) is 0 Å². The zero-order chi connectivity index (χ0) is 17.4. The lowest BCUT2D eigenvalue weighted by molar-refractivity contribution is -0.109. The highest BCUT2D eigenvalue weighted by atomic mass is 35.5. The molecule has 0 saturated heterocycles. The van der Waals surface area contributed by atoms with Gasteiger partial charge in [0.05, 0.1) is 5.56 Å². The van der Waals surface area contributed by atoms with Crippen LogP contribution < -0.4 is 0 Å². The van der Waals surface area contributed by atoms with Crippen LogP contribution in [0.5, 0.6) is 0 Å². The number of nitrogens with zero attached hydrogens (tertiary/aromatic N) is 2. The first kappa shape index (κ1) is 16.1. The zero-order valence-electron chi connectivity index (χ0n) is 13.2. The Labute approximate surface area is 154 Å². The third-order valence-corrected chi connectivity index (χ3v) is 5.71. The lowest BCUT2D eigenvalue weighted by atomic mass is 9.96. The molecule has 1 aliphatic carbocycles. The van der Waals surface area contributed by atoms with Gasteiger partial charge in [0.2, 0.25) is 5.78 Å². The highest BCUT2D eigenvalue weighted by Gasteiger charge is 2.26. The Balaban J connectivity index is 1.66. The Hall–Kier alpha value is -2.42. The van der Waals surface area contributed by atoms with Crippen LogP contribution in [0.2, 0.25) is 5.02 Å². The summed E-state index contributed by atoms with van der Waals surface area (Å²) in [4.78, 5) is 17.8. The summed E-state index contributed by atoms with van der Waals surface area (Å²) in [5.41, 5.74) is 2.44. The van der Waals surface area contributed by atoms with Gasteiger partial charge in [0.1, 0.15) is 16.8 Å². The Kier molecular flexibility index (Phi) is 4.16. The minimum atomic E-state index is -0.291. The van der Waals surface area contributed by atoms with Crippen LogP contribution in [0.1, 0.15) is 34.4 Å². The fourth-order valence-electron chi connectivity index (χ4n) is 3.04. The Morgan fingerprint density at radius 2 is 1.96 bits per heavy atom. The summed E-state index contributed by atoms with van der Waals surface area (Å²) in [6.45, 7) is 0. The minimum Gasteiger partial charge on any atom is -0.435 e. The van der Waals surface area contributed by atoms with Crippen LogP contribution >= 0.6 is 22.9 Å². The topological polar surface area (TPSA) is 62.4 Å². The van der Waals surface area contributed by atoms with E-state index in [-0.39, 0.29) is 11.7 Å². The van der Waals surface area contributed by atoms with Crippen molar-refractivity contribution in [3.05, 3.63) is 56.9 Å². The van der Waals surface area contributed by atoms with Crippen molar-refractivity contribution < 1.29 is 9.53 Å². The largest absolute Gasteiger partial charge is 0.435 e. The molecule has 6 heteroatoms. The Morgan fingerprint density at radius 1 is 1.20 bits per heavy atom. The number of aryl methyl sites for hydroxylation is 1. The SMILES string of the molecule is N#Cc1c(N=C2OC(c3ccc(Cl)cc3)=CC2=O)sc2c1CCCC2. The predicted molar refractivity (Wildman–Crippen MR) is 98.3 cm³/mol. The molecule has 0 radical (unpaired) electrons. The number of halogens is 1. The lowest BCUT2D eigenvalue weighted by Gasteiger charge is -2.09. The second-order valence-corrected chi connectivity index (χ2v) is 7.42. The predicted octanol–water partition coefficient (Wildman–Crippen LogP) is 4.82. The summed E-state index contributed by atoms with van der Waals surface area (Å²) in [6.07, 6.45) is 5.52. The number of benzene rings is 1. The van der Waals surface area contributed by atoms with Gasteiger partial charge in [0, 0.05) is 21.5 Å². The fraction of sp³-hybridized carbons (Fsp3) is 0.211. The number of carbonyl (C=O) groups excluding carboxylic acids is 1. The van der Waals surface area contributed by atoms with E-state index in [2.05, 4.69) is 11.1 Å². The monoisotopic (exact) mass is 368 g/mol. The molecule has 0 bridgehead atoms. The molecule has 2 heterocycles. The van der Waals surface area contributed by atoms with Crippen molar-refractivity contribution in [1.29, 1.82) is 5.26 Å². The summed E-state index contributed by atoms with van der Waals surface area (Å²) >= 11 is 7.38. The Bertz CT molecular complexity index is 965. The van der Waals surface area contributed by atoms with Crippen molar-refractivity contribution in [2.45, 2.75) is 25.7 Å². The van der Waals surface area contributed by atoms with E-state index in [1.165, 1.54) is 22.3 Å². The molecule has 0 fully saturated rings. The van der Waals surface area contributed by atoms with Crippen LogP contribution in [-0.2, 0) is 22.4 Å². The number of rotatable bonds is 2. The zero-order valence-corrected chi connectivity index (χ0v) is 14.8. The molecule has 1 aromatic heterocycles. The molecule has 25 heavy (non-hydrogen) atoms. The number of carbonyl (C=O) groups is 1. The summed E-state index contributed by atoms with van der Waals surface area (Å²) in [7, 11) is 0. The number of ether oxygens (including phenoxy) is 1. The molecule has 0 atom stereocenters. The second-order valence-electron chi connectivity index (χ2n) is 5.90. The van der Waals surface area contributed by atoms with Crippen molar-refractivity contribution in [2.75, 3.05) is 0 Å². The van der Waals surface area contributed by atoms with Gasteiger partial charge in [0.25, 0.3) is 5.90 Å². The van der Waals surface area contributed by atoms with E-state index in [4.69, 9.17) is 16.3 Å². The summed E-state index contributed by atoms with van der Waals surface area (Å²) in [5, 5.41) is 10.7. The van der Waals surface area contributed by atoms with E-state index in [0.29, 0.717) is 21.3 Å². The summed E-state index contributed by atoms with van der Waals surface area (Å²) < 4.78 is 5.65. The molecule has 124 valence electrons. The van der Waals surface area contributed by atoms with E-state index in [0.717, 1.165) is 36.8 Å². The molecular weight excluding hydrogens is 356 g/mol. The maximum absolute atomic E-state index is 12.2. The van der Waals surface area contributed by atoms with Crippen LogP contribution in [0.15, 0.2) is 35.3 Å². The van der Waals surface area contributed by atoms with Gasteiger partial charge in [-0.2, -0.15) is 10.3 Å². The number of fused-ring (bicyclic) bond motifs is 1. The smallest absolute Gasteiger partial charge is 0.269 e. The first-order valence-electron chi connectivity index (χ1n) is 7.99. The molecular formula is C19H13ClN2O2S. The van der Waals surface area contributed by atoms with E-state index < -0.39 is 0 Å². The van der Waals surface area contributed by atoms with E-state index >= 15 is 0 Å². The lowest BCUT2D eigenvalue weighted by Crippen LogP contribution is -2.06. The molecule has 2 aromatic rings. The van der Waals surface area contributed by atoms with E-state index in [9.17, 15) is 10.1 Å². The average Bonchev–Trinajstić information content (AvgIpc) is 3.16. The van der Waals surface area contributed by atoms with Crippen molar-refractivity contribution >= 4 is 45.4 Å². The fourth-order valence-corrected chi connectivity index (χ4v) is 4.37. The Morgan fingerprint density at radius 3 is 2.72 bits per heavy atom. The van der Waals surface area contributed by atoms with Crippen LogP contribution in [-0.4, -0.2) is 11.7 Å². The standard InChI is InChI=1S/C19H13ClN2O2S/c20-12-7-5-11(6-8-12)16-9-15(23)18(24-16)22-19-14(10-21)13-3-1-2-4-17(13)25-19/h5-9H,1-4H2. The molecule has 0 unspecified atom stereocenters. The van der Waals surface area contributed by atoms with Crippen LogP contribution in [0.25, 0.3) is 5.76 Å². The third kappa shape index (κ3) is 2.99. The van der Waals surface area contributed by atoms with Crippen LogP contribution in [0, 0.1) is 11.3 Å². The quantitative estimate of drug-likeness (QED) is 0.763. The van der Waals surface area contributed by atoms with Gasteiger partial charge in [-0.15, -0.1) is 11.3 Å². The maximum atomic E-state index is 12.2. The highest BCUT2D eigenvalue weighted by molar-refractivity contribution is 7.16. The van der Waals surface area contributed by atoms with Gasteiger partial charge in [-0.1, -0.05) is 11.6 Å². The summed E-state index contributed by atoms with van der Waals surface area (Å²) in [6, 6.07) is 9.30. The van der Waals surface area contributed by atoms with Gasteiger partial charge in [-0.05, 0) is 55.5 Å². The molecule has 1 aromatic carbocycles. The van der Waals surface area contributed by atoms with Crippen molar-refractivity contribution in [3.8, 4) is 6.07 Å². The maximum Gasteiger partial charge on any atom is 0.269 e. The number of aliphatic imine (C=N–C) groups is 1. The first-order valence-corrected chi connectivity index (χ1v) is 9.18. The summed E-state index contributed by atoms with van der Waals surface area (Å²) in [5.74, 6) is 0.167. The molecule has 0 N–H and O–H groups in total. The van der Waals surface area contributed by atoms with Gasteiger partial charge < -0.3 is 4.74 Å². The minimum absolute atomic E-state index is 0.0139. The molecule has 1 aliphatic heterocycles. The van der Waals surface area contributed by atoms with E-state index in [1.54, 1.807) is 24.3 Å². The molecule has 0 amide bonds. The first-order chi connectivity index (χ1) is 12.2. The molecule has 2 aliphatic rings. The normalized spacial score (nSPS) is 17.8. The number of hydrogen-bond donors (Lipinski definition) is 0. The highest BCUT2D eigenvalue weighted by Crippen LogP contribution is 2.40. The van der Waals surface area contributed by atoms with Gasteiger partial charge in [-0.3, -0.25) is 4.79 Å². The number of thiophene rings is 1. The van der Waals surface area contributed by atoms with Crippen molar-refractivity contribution in [1.82, 2.24) is 0 Å².